The van der Waals surface area contributed by atoms with Crippen molar-refractivity contribution < 1.29 is 23.1 Å². The Hall–Kier alpha value is -2.97. The van der Waals surface area contributed by atoms with Crippen LogP contribution >= 0.6 is 0 Å². The minimum Gasteiger partial charge on any atom is -0.467 e. The summed E-state index contributed by atoms with van der Waals surface area (Å²) in [6, 6.07) is 0.923. The van der Waals surface area contributed by atoms with Gasteiger partial charge in [-0.15, -0.1) is 0 Å². The molecule has 26 heavy (non-hydrogen) atoms. The lowest BCUT2D eigenvalue weighted by molar-refractivity contribution is -0.142. The van der Waals surface area contributed by atoms with Gasteiger partial charge in [0.1, 0.15) is 23.7 Å². The van der Waals surface area contributed by atoms with Gasteiger partial charge in [0.15, 0.2) is 0 Å². The predicted octanol–water partition coefficient (Wildman–Crippen LogP) is 1.91. The summed E-state index contributed by atoms with van der Waals surface area (Å²) in [5.74, 6) is -2.08. The number of rotatable bonds is 3. The molecule has 0 spiro atoms. The maximum atomic E-state index is 14.4. The number of nitrogens with zero attached hydrogens (tertiary/aromatic N) is 2. The van der Waals surface area contributed by atoms with E-state index in [1.165, 1.54) is 31.3 Å². The number of fused-ring (bicyclic) bond motifs is 1. The second-order valence-electron chi connectivity index (χ2n) is 5.97. The molecule has 0 bridgehead atoms. The molecule has 7 nitrogen and oxygen atoms in total. The maximum absolute atomic E-state index is 14.4. The van der Waals surface area contributed by atoms with E-state index in [9.17, 15) is 18.4 Å². The van der Waals surface area contributed by atoms with E-state index in [1.807, 2.05) is 0 Å². The van der Waals surface area contributed by atoms with Crippen LogP contribution in [-0.2, 0) is 16.0 Å². The molecule has 1 aliphatic heterocycles. The van der Waals surface area contributed by atoms with E-state index in [2.05, 4.69) is 20.0 Å². The van der Waals surface area contributed by atoms with E-state index in [0.29, 0.717) is 12.1 Å². The van der Waals surface area contributed by atoms with Crippen molar-refractivity contribution in [1.82, 2.24) is 20.2 Å². The van der Waals surface area contributed by atoms with Gasteiger partial charge >= 0.3 is 12.0 Å². The number of carbonyl (C=O) groups excluding carboxylic acids is 2. The van der Waals surface area contributed by atoms with Crippen LogP contribution in [0.5, 0.6) is 0 Å². The molecule has 0 fully saturated rings. The molecular weight excluding hydrogens is 346 g/mol. The van der Waals surface area contributed by atoms with Crippen molar-refractivity contribution in [3.8, 4) is 0 Å². The third kappa shape index (κ3) is 3.24. The average Bonchev–Trinajstić information content (AvgIpc) is 3.09. The molecule has 1 aliphatic rings. The van der Waals surface area contributed by atoms with Crippen LogP contribution in [0.3, 0.4) is 0 Å². The van der Waals surface area contributed by atoms with Crippen molar-refractivity contribution in [2.75, 3.05) is 13.7 Å². The van der Waals surface area contributed by atoms with E-state index in [4.69, 9.17) is 0 Å². The predicted molar refractivity (Wildman–Crippen MR) is 87.2 cm³/mol. The van der Waals surface area contributed by atoms with Crippen LogP contribution in [-0.4, -0.2) is 46.6 Å². The Kier molecular flexibility index (Phi) is 4.88. The summed E-state index contributed by atoms with van der Waals surface area (Å²) in [7, 11) is 1.22. The fourth-order valence-corrected chi connectivity index (χ4v) is 3.04. The zero-order valence-corrected chi connectivity index (χ0v) is 14.3. The topological polar surface area (TPSA) is 87.3 Å². The fraction of sp³-hybridized carbons (Fsp3) is 0.353. The van der Waals surface area contributed by atoms with Gasteiger partial charge in [-0.1, -0.05) is 6.07 Å². The lowest BCUT2D eigenvalue weighted by atomic mass is 9.95. The molecule has 2 amide bonds. The first kappa shape index (κ1) is 17.8. The van der Waals surface area contributed by atoms with E-state index in [0.717, 1.165) is 17.8 Å². The number of benzene rings is 1. The molecule has 0 saturated heterocycles. The Balaban J connectivity index is 1.96. The highest BCUT2D eigenvalue weighted by molar-refractivity contribution is 5.83. The number of esters is 1. The number of aromatic nitrogens is 2. The number of halogens is 2. The number of hydrogen-bond acceptors (Lipinski definition) is 4. The molecule has 0 aliphatic carbocycles. The Labute approximate surface area is 148 Å². The number of aromatic amines is 1. The second kappa shape index (κ2) is 7.11. The van der Waals surface area contributed by atoms with Gasteiger partial charge in [0.05, 0.1) is 19.1 Å². The Bertz CT molecular complexity index is 839. The minimum absolute atomic E-state index is 0.125. The fourth-order valence-electron chi connectivity index (χ4n) is 3.04. The second-order valence-corrected chi connectivity index (χ2v) is 5.97. The van der Waals surface area contributed by atoms with Crippen molar-refractivity contribution in [3.63, 3.8) is 0 Å². The molecule has 0 saturated carbocycles. The van der Waals surface area contributed by atoms with Crippen molar-refractivity contribution >= 4 is 12.0 Å². The van der Waals surface area contributed by atoms with Gasteiger partial charge < -0.3 is 19.9 Å². The van der Waals surface area contributed by atoms with Gasteiger partial charge in [-0.05, 0) is 13.0 Å². The molecule has 0 radical (unpaired) electrons. The summed E-state index contributed by atoms with van der Waals surface area (Å²) >= 11 is 0. The highest BCUT2D eigenvalue weighted by Gasteiger charge is 2.36. The normalized spacial score (nSPS) is 17.4. The van der Waals surface area contributed by atoms with Gasteiger partial charge in [0.2, 0.25) is 0 Å². The monoisotopic (exact) mass is 364 g/mol. The van der Waals surface area contributed by atoms with E-state index in [-0.39, 0.29) is 12.1 Å². The van der Waals surface area contributed by atoms with Gasteiger partial charge in [0.25, 0.3) is 0 Å². The summed E-state index contributed by atoms with van der Waals surface area (Å²) in [5.41, 5.74) is 1.40. The standard InChI is InChI=1S/C17H18F2N4O3/c1-9(16(24)26-2)22-17(25)23-6-5-13-14(21-8-20-13)15(23)11-4-3-10(18)7-12(11)19/h3-4,7-9,15H,5-6H2,1-2H3,(H,20,21)(H,22,25)/t9-,15?/m0/s1. The number of methoxy groups -OCH3 is 1. The number of carbonyl (C=O) groups is 2. The SMILES string of the molecule is COC(=O)[C@H](C)NC(=O)N1CCc2[nH]cnc2C1c1ccc(F)cc1F. The third-order valence-electron chi connectivity index (χ3n) is 4.34. The molecular formula is C17H18F2N4O3. The summed E-state index contributed by atoms with van der Waals surface area (Å²) in [6.07, 6.45) is 1.96. The van der Waals surface area contributed by atoms with Gasteiger partial charge in [-0.25, -0.2) is 23.4 Å². The van der Waals surface area contributed by atoms with Crippen LogP contribution in [0.25, 0.3) is 0 Å². The smallest absolute Gasteiger partial charge is 0.328 e. The Morgan fingerprint density at radius 1 is 1.42 bits per heavy atom. The minimum atomic E-state index is -0.869. The van der Waals surface area contributed by atoms with Gasteiger partial charge in [-0.3, -0.25) is 0 Å². The first-order chi connectivity index (χ1) is 12.4. The number of amides is 2. The molecule has 138 valence electrons. The van der Waals surface area contributed by atoms with Crippen molar-refractivity contribution in [2.24, 2.45) is 0 Å². The summed E-state index contributed by atoms with van der Waals surface area (Å²) in [5, 5.41) is 2.53. The van der Waals surface area contributed by atoms with Crippen LogP contribution in [0.4, 0.5) is 13.6 Å². The Morgan fingerprint density at radius 3 is 2.88 bits per heavy atom. The van der Waals surface area contributed by atoms with E-state index in [1.54, 1.807) is 0 Å². The Morgan fingerprint density at radius 2 is 2.19 bits per heavy atom. The summed E-state index contributed by atoms with van der Waals surface area (Å²) in [6.45, 7) is 1.76. The molecule has 1 unspecified atom stereocenters. The van der Waals surface area contributed by atoms with Crippen molar-refractivity contribution in [2.45, 2.75) is 25.4 Å². The molecule has 2 N–H and O–H groups in total. The molecule has 2 heterocycles. The van der Waals surface area contributed by atoms with Crippen LogP contribution < -0.4 is 5.32 Å². The first-order valence-corrected chi connectivity index (χ1v) is 8.04. The summed E-state index contributed by atoms with van der Waals surface area (Å²) in [4.78, 5) is 32.8. The maximum Gasteiger partial charge on any atom is 0.328 e. The molecule has 3 rings (SSSR count). The third-order valence-corrected chi connectivity index (χ3v) is 4.34. The van der Waals surface area contributed by atoms with Crippen LogP contribution in [0.2, 0.25) is 0 Å². The molecule has 2 aromatic rings. The molecule has 1 aromatic heterocycles. The van der Waals surface area contributed by atoms with Crippen LogP contribution in [0, 0.1) is 11.6 Å². The largest absolute Gasteiger partial charge is 0.467 e. The number of ether oxygens (including phenoxy) is 1. The average molecular weight is 364 g/mol. The number of urea groups is 1. The number of imidazole rings is 1. The van der Waals surface area contributed by atoms with E-state index >= 15 is 0 Å². The first-order valence-electron chi connectivity index (χ1n) is 8.04. The summed E-state index contributed by atoms with van der Waals surface area (Å²) < 4.78 is 32.3. The number of hydrogen-bond donors (Lipinski definition) is 2. The van der Waals surface area contributed by atoms with Gasteiger partial charge in [-0.2, -0.15) is 0 Å². The van der Waals surface area contributed by atoms with Gasteiger partial charge in [0, 0.05) is 30.3 Å². The molecule has 2 atom stereocenters. The quantitative estimate of drug-likeness (QED) is 0.815. The van der Waals surface area contributed by atoms with E-state index < -0.39 is 35.7 Å². The van der Waals surface area contributed by atoms with Crippen molar-refractivity contribution in [1.29, 1.82) is 0 Å². The lowest BCUT2D eigenvalue weighted by Crippen LogP contribution is -2.50. The number of H-pyrrole nitrogens is 1. The molecule has 1 aromatic carbocycles. The highest BCUT2D eigenvalue weighted by atomic mass is 19.1. The van der Waals surface area contributed by atoms with Crippen molar-refractivity contribution in [3.05, 3.63) is 53.1 Å². The highest BCUT2D eigenvalue weighted by Crippen LogP contribution is 2.34. The zero-order valence-electron chi connectivity index (χ0n) is 14.3. The zero-order chi connectivity index (χ0) is 18.8. The lowest BCUT2D eigenvalue weighted by Gasteiger charge is -2.35. The van der Waals surface area contributed by atoms with Crippen LogP contribution in [0.15, 0.2) is 24.5 Å². The molecule has 9 heteroatoms. The van der Waals surface area contributed by atoms with Crippen LogP contribution in [0.1, 0.15) is 29.9 Å². The number of nitrogens with one attached hydrogen (secondary N) is 2.